The van der Waals surface area contributed by atoms with E-state index in [0.29, 0.717) is 29.4 Å². The van der Waals surface area contributed by atoms with E-state index in [1.807, 2.05) is 30.3 Å². The van der Waals surface area contributed by atoms with Gasteiger partial charge in [0.15, 0.2) is 5.65 Å². The number of hydrogen-bond acceptors (Lipinski definition) is 5. The molecular weight excluding hydrogens is 284 g/mol. The number of amides is 1. The molecule has 0 radical (unpaired) electrons. The van der Waals surface area contributed by atoms with Gasteiger partial charge in [-0.25, -0.2) is 4.79 Å². The molecule has 0 atom stereocenters. The average Bonchev–Trinajstić information content (AvgIpc) is 2.90. The van der Waals surface area contributed by atoms with Crippen molar-refractivity contribution >= 4 is 23.2 Å². The molecule has 0 fully saturated rings. The molecule has 1 aromatic carbocycles. The molecule has 3 aromatic rings. The first kappa shape index (κ1) is 13.9. The molecule has 112 valence electrons. The summed E-state index contributed by atoms with van der Waals surface area (Å²) in [5.41, 5.74) is 1.13. The van der Waals surface area contributed by atoms with Crippen LogP contribution in [0.25, 0.3) is 11.2 Å². The Bertz CT molecular complexity index is 786. The zero-order chi connectivity index (χ0) is 15.4. The third-order valence-corrected chi connectivity index (χ3v) is 2.78. The van der Waals surface area contributed by atoms with Crippen molar-refractivity contribution < 1.29 is 14.3 Å². The zero-order valence-electron chi connectivity index (χ0n) is 11.9. The van der Waals surface area contributed by atoms with Gasteiger partial charge in [0.1, 0.15) is 5.75 Å². The largest absolute Gasteiger partial charge is 0.450 e. The summed E-state index contributed by atoms with van der Waals surface area (Å²) in [6.07, 6.45) is -0.567. The summed E-state index contributed by atoms with van der Waals surface area (Å²) in [7, 11) is 0. The Kier molecular flexibility index (Phi) is 3.86. The van der Waals surface area contributed by atoms with Crippen LogP contribution in [0, 0.1) is 0 Å². The van der Waals surface area contributed by atoms with E-state index < -0.39 is 6.09 Å². The van der Waals surface area contributed by atoms with Crippen molar-refractivity contribution in [2.45, 2.75) is 6.92 Å². The van der Waals surface area contributed by atoms with Crippen LogP contribution >= 0.6 is 0 Å². The molecule has 0 aliphatic rings. The number of H-pyrrole nitrogens is 1. The summed E-state index contributed by atoms with van der Waals surface area (Å²) in [5.74, 6) is 1.39. The Balaban J connectivity index is 1.79. The average molecular weight is 298 g/mol. The number of benzene rings is 1. The highest BCUT2D eigenvalue weighted by atomic mass is 16.5. The molecule has 7 nitrogen and oxygen atoms in total. The molecule has 1 amide bonds. The van der Waals surface area contributed by atoms with Crippen LogP contribution < -0.4 is 10.1 Å². The van der Waals surface area contributed by atoms with E-state index in [0.717, 1.165) is 0 Å². The van der Waals surface area contributed by atoms with Crippen LogP contribution in [0.1, 0.15) is 6.92 Å². The normalized spacial score (nSPS) is 10.4. The number of rotatable bonds is 4. The molecule has 0 bridgehead atoms. The molecule has 22 heavy (non-hydrogen) atoms. The van der Waals surface area contributed by atoms with Gasteiger partial charge in [-0.2, -0.15) is 9.97 Å². The maximum absolute atomic E-state index is 11.4. The van der Waals surface area contributed by atoms with Gasteiger partial charge in [-0.05, 0) is 25.1 Å². The molecular formula is C15H14N4O3. The Hall–Kier alpha value is -3.09. The molecule has 0 saturated heterocycles. The number of pyridine rings is 1. The molecule has 3 rings (SSSR count). The number of nitrogens with one attached hydrogen (secondary N) is 2. The van der Waals surface area contributed by atoms with Gasteiger partial charge in [0.05, 0.1) is 12.1 Å². The van der Waals surface area contributed by atoms with E-state index in [2.05, 4.69) is 20.3 Å². The van der Waals surface area contributed by atoms with Crippen molar-refractivity contribution in [3.05, 3.63) is 42.5 Å². The second-order valence-electron chi connectivity index (χ2n) is 4.37. The number of imidazole rings is 1. The van der Waals surface area contributed by atoms with Crippen LogP contribution in [0.4, 0.5) is 10.7 Å². The fraction of sp³-hybridized carbons (Fsp3) is 0.133. The molecule has 0 aliphatic carbocycles. The monoisotopic (exact) mass is 298 g/mol. The minimum absolute atomic E-state index is 0.276. The predicted octanol–water partition coefficient (Wildman–Crippen LogP) is 3.32. The van der Waals surface area contributed by atoms with Crippen molar-refractivity contribution in [1.29, 1.82) is 0 Å². The smallest absolute Gasteiger partial charge is 0.413 e. The van der Waals surface area contributed by atoms with E-state index in [1.54, 1.807) is 19.1 Å². The number of para-hydroxylation sites is 1. The summed E-state index contributed by atoms with van der Waals surface area (Å²) >= 11 is 0. The van der Waals surface area contributed by atoms with Crippen LogP contribution in [-0.4, -0.2) is 27.7 Å². The van der Waals surface area contributed by atoms with Gasteiger partial charge in [-0.1, -0.05) is 18.2 Å². The van der Waals surface area contributed by atoms with Gasteiger partial charge < -0.3 is 14.5 Å². The lowest BCUT2D eigenvalue weighted by molar-refractivity contribution is 0.167. The lowest BCUT2D eigenvalue weighted by Gasteiger charge is -2.03. The van der Waals surface area contributed by atoms with E-state index in [9.17, 15) is 4.79 Å². The van der Waals surface area contributed by atoms with Crippen LogP contribution in [-0.2, 0) is 4.74 Å². The number of nitrogens with zero attached hydrogens (tertiary/aromatic N) is 2. The summed E-state index contributed by atoms with van der Waals surface area (Å²) in [6, 6.07) is 12.8. The summed E-state index contributed by atoms with van der Waals surface area (Å²) in [6.45, 7) is 2.02. The minimum atomic E-state index is -0.567. The topological polar surface area (TPSA) is 89.1 Å². The SMILES string of the molecule is CCOC(=O)Nc1nc2nc(Oc3ccccc3)ccc2[nH]1. The molecule has 0 saturated carbocycles. The summed E-state index contributed by atoms with van der Waals surface area (Å²) in [5, 5.41) is 2.49. The maximum atomic E-state index is 11.4. The Morgan fingerprint density at radius 3 is 2.77 bits per heavy atom. The third kappa shape index (κ3) is 3.14. The first-order valence-electron chi connectivity index (χ1n) is 6.78. The summed E-state index contributed by atoms with van der Waals surface area (Å²) < 4.78 is 10.4. The first-order chi connectivity index (χ1) is 10.7. The van der Waals surface area contributed by atoms with Gasteiger partial charge in [0.25, 0.3) is 0 Å². The lowest BCUT2D eigenvalue weighted by Crippen LogP contribution is -2.14. The second-order valence-corrected chi connectivity index (χ2v) is 4.37. The number of aromatic amines is 1. The molecule has 2 aromatic heterocycles. The molecule has 0 unspecified atom stereocenters. The predicted molar refractivity (Wildman–Crippen MR) is 81.0 cm³/mol. The number of anilines is 1. The molecule has 0 aliphatic heterocycles. The van der Waals surface area contributed by atoms with Gasteiger partial charge in [0.2, 0.25) is 11.8 Å². The van der Waals surface area contributed by atoms with E-state index in [-0.39, 0.29) is 5.95 Å². The van der Waals surface area contributed by atoms with Gasteiger partial charge in [-0.15, -0.1) is 0 Å². The van der Waals surface area contributed by atoms with Crippen molar-refractivity contribution in [3.63, 3.8) is 0 Å². The Morgan fingerprint density at radius 1 is 1.18 bits per heavy atom. The fourth-order valence-electron chi connectivity index (χ4n) is 1.86. The number of hydrogen-bond donors (Lipinski definition) is 2. The number of aromatic nitrogens is 3. The van der Waals surface area contributed by atoms with E-state index >= 15 is 0 Å². The highest BCUT2D eigenvalue weighted by Gasteiger charge is 2.09. The summed E-state index contributed by atoms with van der Waals surface area (Å²) in [4.78, 5) is 22.8. The second kappa shape index (κ2) is 6.13. The Morgan fingerprint density at radius 2 is 2.00 bits per heavy atom. The Labute approximate surface area is 126 Å². The zero-order valence-corrected chi connectivity index (χ0v) is 11.9. The van der Waals surface area contributed by atoms with Gasteiger partial charge in [0, 0.05) is 6.07 Å². The number of carbonyl (C=O) groups is 1. The van der Waals surface area contributed by atoms with Gasteiger partial charge >= 0.3 is 6.09 Å². The fourth-order valence-corrected chi connectivity index (χ4v) is 1.86. The lowest BCUT2D eigenvalue weighted by atomic mass is 10.3. The molecule has 7 heteroatoms. The molecule has 0 spiro atoms. The third-order valence-electron chi connectivity index (χ3n) is 2.78. The van der Waals surface area contributed by atoms with E-state index in [1.165, 1.54) is 0 Å². The van der Waals surface area contributed by atoms with Crippen molar-refractivity contribution in [3.8, 4) is 11.6 Å². The van der Waals surface area contributed by atoms with Crippen LogP contribution in [0.3, 0.4) is 0 Å². The highest BCUT2D eigenvalue weighted by molar-refractivity contribution is 5.85. The quantitative estimate of drug-likeness (QED) is 0.771. The van der Waals surface area contributed by atoms with Crippen LogP contribution in [0.15, 0.2) is 42.5 Å². The number of carbonyl (C=O) groups excluding carboxylic acids is 1. The standard InChI is InChI=1S/C15H14N4O3/c1-2-21-15(20)19-14-16-11-8-9-12(17-13(11)18-14)22-10-6-4-3-5-7-10/h3-9H,2H2,1H3,(H2,16,17,18,19,20). The van der Waals surface area contributed by atoms with Crippen molar-refractivity contribution in [1.82, 2.24) is 15.0 Å². The number of ether oxygens (including phenoxy) is 2. The minimum Gasteiger partial charge on any atom is -0.450 e. The van der Waals surface area contributed by atoms with Gasteiger partial charge in [-0.3, -0.25) is 5.32 Å². The van der Waals surface area contributed by atoms with E-state index in [4.69, 9.17) is 9.47 Å². The first-order valence-corrected chi connectivity index (χ1v) is 6.78. The van der Waals surface area contributed by atoms with Crippen LogP contribution in [0.2, 0.25) is 0 Å². The highest BCUT2D eigenvalue weighted by Crippen LogP contribution is 2.21. The molecule has 2 heterocycles. The molecule has 2 N–H and O–H groups in total. The van der Waals surface area contributed by atoms with Crippen molar-refractivity contribution in [2.75, 3.05) is 11.9 Å². The van der Waals surface area contributed by atoms with Crippen LogP contribution in [0.5, 0.6) is 11.6 Å². The number of fused-ring (bicyclic) bond motifs is 1. The van der Waals surface area contributed by atoms with Crippen molar-refractivity contribution in [2.24, 2.45) is 0 Å². The maximum Gasteiger partial charge on any atom is 0.413 e.